The van der Waals surface area contributed by atoms with E-state index < -0.39 is 6.10 Å². The standard InChI is InChI=1S/C19H23NO4/c1-22-15-9-12-11(7-14(15)21)6-13-17-10(4-5-20-18(12)17)8-16(23-2)19(13)24-3/h4-5,8,11-12,14-15,21H,6-7,9H2,1-3H3/t11-,12+,14-,15+/m1/s1. The normalized spacial score (nSPS) is 28.5. The molecule has 0 aliphatic heterocycles. The number of rotatable bonds is 3. The number of aliphatic hydroxyl groups excluding tert-OH is 1. The minimum atomic E-state index is -0.423. The van der Waals surface area contributed by atoms with Crippen LogP contribution in [0.4, 0.5) is 0 Å². The molecule has 1 aromatic heterocycles. The Labute approximate surface area is 141 Å². The highest BCUT2D eigenvalue weighted by Crippen LogP contribution is 2.50. The van der Waals surface area contributed by atoms with Crippen molar-refractivity contribution in [2.45, 2.75) is 37.4 Å². The fourth-order valence-corrected chi connectivity index (χ4v) is 4.57. The van der Waals surface area contributed by atoms with Gasteiger partial charge in [-0.1, -0.05) is 0 Å². The summed E-state index contributed by atoms with van der Waals surface area (Å²) in [5, 5.41) is 12.7. The van der Waals surface area contributed by atoms with Crippen molar-refractivity contribution in [2.75, 3.05) is 21.3 Å². The number of aromatic nitrogens is 1. The molecule has 2 aliphatic carbocycles. The SMILES string of the molecule is COc1cc2ccnc3c2c(c1OC)C[C@@H]1C[C@@H](O)[C@@H](OC)C[C@H]31. The molecule has 128 valence electrons. The van der Waals surface area contributed by atoms with Crippen molar-refractivity contribution in [3.05, 3.63) is 29.6 Å². The molecule has 0 radical (unpaired) electrons. The third-order valence-electron chi connectivity index (χ3n) is 5.67. The van der Waals surface area contributed by atoms with Crippen LogP contribution in [0.3, 0.4) is 0 Å². The van der Waals surface area contributed by atoms with Crippen LogP contribution in [-0.2, 0) is 11.2 Å². The fraction of sp³-hybridized carbons (Fsp3) is 0.526. The summed E-state index contributed by atoms with van der Waals surface area (Å²) < 4.78 is 16.7. The number of aliphatic hydroxyl groups is 1. The van der Waals surface area contributed by atoms with E-state index in [1.54, 1.807) is 21.3 Å². The van der Waals surface area contributed by atoms with E-state index in [0.29, 0.717) is 11.8 Å². The Morgan fingerprint density at radius 3 is 2.71 bits per heavy atom. The topological polar surface area (TPSA) is 60.8 Å². The zero-order valence-corrected chi connectivity index (χ0v) is 14.3. The molecule has 1 aromatic carbocycles. The lowest BCUT2D eigenvalue weighted by atomic mass is 9.67. The van der Waals surface area contributed by atoms with Crippen molar-refractivity contribution in [1.29, 1.82) is 0 Å². The summed E-state index contributed by atoms with van der Waals surface area (Å²) in [6.07, 6.45) is 3.72. The monoisotopic (exact) mass is 329 g/mol. The van der Waals surface area contributed by atoms with Gasteiger partial charge >= 0.3 is 0 Å². The summed E-state index contributed by atoms with van der Waals surface area (Å²) in [5.41, 5.74) is 2.26. The second-order valence-electron chi connectivity index (χ2n) is 6.77. The molecule has 0 bridgehead atoms. The lowest BCUT2D eigenvalue weighted by Gasteiger charge is -2.41. The van der Waals surface area contributed by atoms with E-state index in [-0.39, 0.29) is 6.10 Å². The third-order valence-corrected chi connectivity index (χ3v) is 5.67. The highest BCUT2D eigenvalue weighted by atomic mass is 16.5. The highest BCUT2D eigenvalue weighted by Gasteiger charge is 2.42. The van der Waals surface area contributed by atoms with E-state index in [1.165, 1.54) is 5.39 Å². The molecule has 0 amide bonds. The quantitative estimate of drug-likeness (QED) is 0.938. The van der Waals surface area contributed by atoms with E-state index in [4.69, 9.17) is 19.2 Å². The van der Waals surface area contributed by atoms with E-state index >= 15 is 0 Å². The molecule has 2 aromatic rings. The lowest BCUT2D eigenvalue weighted by Crippen LogP contribution is -2.41. The van der Waals surface area contributed by atoms with Crippen LogP contribution in [-0.4, -0.2) is 43.6 Å². The molecular weight excluding hydrogens is 306 g/mol. The number of pyridine rings is 1. The van der Waals surface area contributed by atoms with Gasteiger partial charge in [-0.05, 0) is 42.7 Å². The van der Waals surface area contributed by atoms with Crippen LogP contribution < -0.4 is 9.47 Å². The molecule has 1 N–H and O–H groups in total. The molecule has 0 saturated heterocycles. The van der Waals surface area contributed by atoms with E-state index in [2.05, 4.69) is 0 Å². The van der Waals surface area contributed by atoms with Crippen LogP contribution in [0.15, 0.2) is 18.3 Å². The molecule has 2 aliphatic rings. The Kier molecular flexibility index (Phi) is 3.85. The van der Waals surface area contributed by atoms with Crippen molar-refractivity contribution in [2.24, 2.45) is 5.92 Å². The van der Waals surface area contributed by atoms with Crippen LogP contribution in [0.5, 0.6) is 11.5 Å². The minimum absolute atomic E-state index is 0.120. The van der Waals surface area contributed by atoms with Crippen molar-refractivity contribution in [3.63, 3.8) is 0 Å². The van der Waals surface area contributed by atoms with Gasteiger partial charge in [0, 0.05) is 30.2 Å². The number of nitrogens with zero attached hydrogens (tertiary/aromatic N) is 1. The third kappa shape index (κ3) is 2.19. The van der Waals surface area contributed by atoms with Crippen LogP contribution in [0.25, 0.3) is 10.8 Å². The molecule has 4 atom stereocenters. The average Bonchev–Trinajstić information content (AvgIpc) is 2.61. The lowest BCUT2D eigenvalue weighted by molar-refractivity contribution is -0.0577. The summed E-state index contributed by atoms with van der Waals surface area (Å²) in [5.74, 6) is 2.20. The summed E-state index contributed by atoms with van der Waals surface area (Å²) in [4.78, 5) is 4.71. The zero-order valence-electron chi connectivity index (χ0n) is 14.3. The molecule has 4 rings (SSSR count). The van der Waals surface area contributed by atoms with E-state index in [1.807, 2.05) is 18.3 Å². The highest BCUT2D eigenvalue weighted by molar-refractivity contribution is 5.93. The van der Waals surface area contributed by atoms with Crippen LogP contribution >= 0.6 is 0 Å². The van der Waals surface area contributed by atoms with Crippen molar-refractivity contribution < 1.29 is 19.3 Å². The molecule has 0 unspecified atom stereocenters. The van der Waals surface area contributed by atoms with E-state index in [0.717, 1.165) is 47.4 Å². The first-order valence-corrected chi connectivity index (χ1v) is 8.41. The predicted molar refractivity (Wildman–Crippen MR) is 90.8 cm³/mol. The van der Waals surface area contributed by atoms with Gasteiger partial charge in [-0.25, -0.2) is 0 Å². The van der Waals surface area contributed by atoms with Gasteiger partial charge in [0.15, 0.2) is 11.5 Å². The molecular formula is C19H23NO4. The van der Waals surface area contributed by atoms with Crippen molar-refractivity contribution >= 4 is 10.8 Å². The van der Waals surface area contributed by atoms with Crippen LogP contribution in [0.2, 0.25) is 0 Å². The minimum Gasteiger partial charge on any atom is -0.493 e. The Morgan fingerprint density at radius 2 is 2.00 bits per heavy atom. The number of fused-ring (bicyclic) bond motifs is 2. The van der Waals surface area contributed by atoms with Gasteiger partial charge in [0.2, 0.25) is 0 Å². The van der Waals surface area contributed by atoms with Gasteiger partial charge in [-0.3, -0.25) is 4.98 Å². The fourth-order valence-electron chi connectivity index (χ4n) is 4.57. The maximum atomic E-state index is 10.4. The Morgan fingerprint density at radius 1 is 1.17 bits per heavy atom. The van der Waals surface area contributed by atoms with Gasteiger partial charge in [-0.15, -0.1) is 0 Å². The molecule has 24 heavy (non-hydrogen) atoms. The molecule has 0 spiro atoms. The number of hydrogen-bond donors (Lipinski definition) is 1. The molecule has 5 nitrogen and oxygen atoms in total. The van der Waals surface area contributed by atoms with Crippen LogP contribution in [0, 0.1) is 5.92 Å². The molecule has 5 heteroatoms. The summed E-state index contributed by atoms with van der Waals surface area (Å²) >= 11 is 0. The first-order chi connectivity index (χ1) is 11.7. The predicted octanol–water partition coefficient (Wildman–Crippen LogP) is 2.68. The number of ether oxygens (including phenoxy) is 3. The Bertz CT molecular complexity index is 776. The average molecular weight is 329 g/mol. The van der Waals surface area contributed by atoms with Crippen molar-refractivity contribution in [1.82, 2.24) is 4.98 Å². The first kappa shape index (κ1) is 15.7. The molecule has 1 fully saturated rings. The number of methoxy groups -OCH3 is 3. The summed E-state index contributed by atoms with van der Waals surface area (Å²) in [6.45, 7) is 0. The maximum Gasteiger partial charge on any atom is 0.164 e. The van der Waals surface area contributed by atoms with Gasteiger partial charge in [0.05, 0.1) is 32.1 Å². The first-order valence-electron chi connectivity index (χ1n) is 8.41. The number of hydrogen-bond acceptors (Lipinski definition) is 5. The molecule has 1 saturated carbocycles. The Balaban J connectivity index is 1.92. The van der Waals surface area contributed by atoms with Crippen molar-refractivity contribution in [3.8, 4) is 11.5 Å². The smallest absolute Gasteiger partial charge is 0.164 e. The second kappa shape index (κ2) is 5.90. The van der Waals surface area contributed by atoms with Crippen LogP contribution in [0.1, 0.15) is 30.0 Å². The largest absolute Gasteiger partial charge is 0.493 e. The Hall–Kier alpha value is -1.85. The van der Waals surface area contributed by atoms with Gasteiger partial charge in [0.25, 0.3) is 0 Å². The summed E-state index contributed by atoms with van der Waals surface area (Å²) in [7, 11) is 5.02. The maximum absolute atomic E-state index is 10.4. The van der Waals surface area contributed by atoms with Gasteiger partial charge < -0.3 is 19.3 Å². The number of benzene rings is 1. The second-order valence-corrected chi connectivity index (χ2v) is 6.77. The molecule has 1 heterocycles. The zero-order chi connectivity index (χ0) is 16.8. The summed E-state index contributed by atoms with van der Waals surface area (Å²) in [6, 6.07) is 4.05. The van der Waals surface area contributed by atoms with Gasteiger partial charge in [0.1, 0.15) is 0 Å². The van der Waals surface area contributed by atoms with E-state index in [9.17, 15) is 5.11 Å². The van der Waals surface area contributed by atoms with Gasteiger partial charge in [-0.2, -0.15) is 0 Å².